The van der Waals surface area contributed by atoms with Crippen LogP contribution in [-0.2, 0) is 18.0 Å². The average Bonchev–Trinajstić information content (AvgIpc) is 2.72. The molecule has 1 unspecified atom stereocenters. The van der Waals surface area contributed by atoms with E-state index in [1.165, 1.54) is 16.7 Å². The Balaban J connectivity index is 2.20. The second-order valence-electron chi connectivity index (χ2n) is 4.04. The maximum atomic E-state index is 5.42. The molecule has 0 bridgehead atoms. The van der Waals surface area contributed by atoms with E-state index in [0.29, 0.717) is 6.04 Å². The van der Waals surface area contributed by atoms with Gasteiger partial charge in [-0.3, -0.25) is 0 Å². The van der Waals surface area contributed by atoms with Crippen LogP contribution in [0.5, 0.6) is 0 Å². The fourth-order valence-corrected chi connectivity index (χ4v) is 2.15. The Morgan fingerprint density at radius 1 is 1.27 bits per heavy atom. The minimum Gasteiger partial charge on any atom is -0.372 e. The predicted octanol–water partition coefficient (Wildman–Crippen LogP) is 2.78. The minimum atomic E-state index is 0.487. The highest BCUT2D eigenvalue weighted by Gasteiger charge is 2.14. The smallest absolute Gasteiger partial charge is 0.0725 e. The summed E-state index contributed by atoms with van der Waals surface area (Å²) in [5.41, 5.74) is 4.11. The molecule has 0 amide bonds. The van der Waals surface area contributed by atoms with Gasteiger partial charge in [0.25, 0.3) is 0 Å². The fraction of sp³-hybridized carbons (Fsp3) is 0.538. The van der Waals surface area contributed by atoms with Crippen molar-refractivity contribution in [2.24, 2.45) is 0 Å². The molecule has 2 rings (SSSR count). The van der Waals surface area contributed by atoms with Crippen LogP contribution in [0, 0.1) is 0 Å². The van der Waals surface area contributed by atoms with Gasteiger partial charge in [-0.15, -0.1) is 0 Å². The number of rotatable bonds is 4. The van der Waals surface area contributed by atoms with Crippen LogP contribution in [0.4, 0.5) is 0 Å². The van der Waals surface area contributed by atoms with Crippen LogP contribution in [0.2, 0.25) is 0 Å². The van der Waals surface area contributed by atoms with Crippen molar-refractivity contribution in [3.63, 3.8) is 0 Å². The van der Waals surface area contributed by atoms with Gasteiger partial charge >= 0.3 is 0 Å². The SMILES string of the molecule is CCNC(CC)c1ccc2c(c1)COC2. The topological polar surface area (TPSA) is 21.3 Å². The molecule has 0 fully saturated rings. The molecule has 0 saturated carbocycles. The second-order valence-corrected chi connectivity index (χ2v) is 4.04. The van der Waals surface area contributed by atoms with E-state index in [1.807, 2.05) is 0 Å². The number of hydrogen-bond donors (Lipinski definition) is 1. The van der Waals surface area contributed by atoms with Crippen LogP contribution in [0.25, 0.3) is 0 Å². The van der Waals surface area contributed by atoms with Crippen molar-refractivity contribution in [1.82, 2.24) is 5.32 Å². The third-order valence-electron chi connectivity index (χ3n) is 3.01. The van der Waals surface area contributed by atoms with Crippen molar-refractivity contribution in [2.45, 2.75) is 39.5 Å². The third kappa shape index (κ3) is 2.21. The van der Waals surface area contributed by atoms with Crippen molar-refractivity contribution in [3.8, 4) is 0 Å². The molecule has 1 aliphatic heterocycles. The molecule has 2 nitrogen and oxygen atoms in total. The first-order chi connectivity index (χ1) is 7.35. The van der Waals surface area contributed by atoms with Gasteiger partial charge in [-0.25, -0.2) is 0 Å². The first-order valence-electron chi connectivity index (χ1n) is 5.78. The van der Waals surface area contributed by atoms with Crippen LogP contribution in [-0.4, -0.2) is 6.54 Å². The summed E-state index contributed by atoms with van der Waals surface area (Å²) >= 11 is 0. The minimum absolute atomic E-state index is 0.487. The monoisotopic (exact) mass is 205 g/mol. The van der Waals surface area contributed by atoms with E-state index < -0.39 is 0 Å². The van der Waals surface area contributed by atoms with Gasteiger partial charge in [-0.2, -0.15) is 0 Å². The molecule has 0 radical (unpaired) electrons. The number of ether oxygens (including phenoxy) is 1. The predicted molar refractivity (Wildman–Crippen MR) is 61.6 cm³/mol. The lowest BCUT2D eigenvalue weighted by Crippen LogP contribution is -2.20. The van der Waals surface area contributed by atoms with Gasteiger partial charge in [0.15, 0.2) is 0 Å². The van der Waals surface area contributed by atoms with Crippen molar-refractivity contribution in [3.05, 3.63) is 34.9 Å². The molecule has 0 aliphatic carbocycles. The summed E-state index contributed by atoms with van der Waals surface area (Å²) < 4.78 is 5.42. The van der Waals surface area contributed by atoms with E-state index >= 15 is 0 Å². The molecule has 1 aliphatic rings. The molecule has 0 saturated heterocycles. The highest BCUT2D eigenvalue weighted by Crippen LogP contribution is 2.25. The van der Waals surface area contributed by atoms with Crippen molar-refractivity contribution < 1.29 is 4.74 Å². The van der Waals surface area contributed by atoms with Crippen molar-refractivity contribution in [1.29, 1.82) is 0 Å². The molecule has 15 heavy (non-hydrogen) atoms. The van der Waals surface area contributed by atoms with Crippen LogP contribution >= 0.6 is 0 Å². The molecule has 1 N–H and O–H groups in total. The molecule has 0 spiro atoms. The highest BCUT2D eigenvalue weighted by molar-refractivity contribution is 5.34. The van der Waals surface area contributed by atoms with Gasteiger partial charge in [-0.05, 0) is 29.7 Å². The fourth-order valence-electron chi connectivity index (χ4n) is 2.15. The molecule has 1 aromatic rings. The van der Waals surface area contributed by atoms with E-state index in [4.69, 9.17) is 4.74 Å². The lowest BCUT2D eigenvalue weighted by molar-refractivity contribution is 0.134. The lowest BCUT2D eigenvalue weighted by Gasteiger charge is -2.16. The second kappa shape index (κ2) is 4.77. The number of benzene rings is 1. The standard InChI is InChI=1S/C13H19NO/c1-3-13(14-4-2)10-5-6-11-8-15-9-12(11)7-10/h5-7,13-14H,3-4,8-9H2,1-2H3. The Morgan fingerprint density at radius 3 is 2.80 bits per heavy atom. The van der Waals surface area contributed by atoms with Gasteiger partial charge in [-0.1, -0.05) is 32.0 Å². The van der Waals surface area contributed by atoms with Crippen LogP contribution < -0.4 is 5.32 Å². The van der Waals surface area contributed by atoms with Gasteiger partial charge in [0, 0.05) is 6.04 Å². The Morgan fingerprint density at radius 2 is 2.07 bits per heavy atom. The number of nitrogens with one attached hydrogen (secondary N) is 1. The molecule has 82 valence electrons. The number of fused-ring (bicyclic) bond motifs is 1. The molecular formula is C13H19NO. The van der Waals surface area contributed by atoms with E-state index in [0.717, 1.165) is 26.2 Å². The lowest BCUT2D eigenvalue weighted by atomic mass is 9.99. The quantitative estimate of drug-likeness (QED) is 0.816. The largest absolute Gasteiger partial charge is 0.372 e. The van der Waals surface area contributed by atoms with Gasteiger partial charge in [0.05, 0.1) is 13.2 Å². The average molecular weight is 205 g/mol. The van der Waals surface area contributed by atoms with Crippen LogP contribution in [0.3, 0.4) is 0 Å². The molecule has 2 heteroatoms. The zero-order valence-electron chi connectivity index (χ0n) is 9.55. The molecule has 1 heterocycles. The summed E-state index contributed by atoms with van der Waals surface area (Å²) in [5.74, 6) is 0. The Labute approximate surface area is 91.6 Å². The maximum absolute atomic E-state index is 5.42. The molecule has 0 aromatic heterocycles. The zero-order valence-corrected chi connectivity index (χ0v) is 9.55. The first kappa shape index (κ1) is 10.7. The Bertz CT molecular complexity index is 335. The van der Waals surface area contributed by atoms with E-state index in [-0.39, 0.29) is 0 Å². The number of hydrogen-bond acceptors (Lipinski definition) is 2. The molecule has 1 atom stereocenters. The summed E-state index contributed by atoms with van der Waals surface area (Å²) in [6.07, 6.45) is 1.13. The summed E-state index contributed by atoms with van der Waals surface area (Å²) in [7, 11) is 0. The third-order valence-corrected chi connectivity index (χ3v) is 3.01. The summed E-state index contributed by atoms with van der Waals surface area (Å²) in [5, 5.41) is 3.50. The van der Waals surface area contributed by atoms with E-state index in [2.05, 4.69) is 37.4 Å². The van der Waals surface area contributed by atoms with Crippen LogP contribution in [0.1, 0.15) is 43.0 Å². The van der Waals surface area contributed by atoms with Gasteiger partial charge < -0.3 is 10.1 Å². The van der Waals surface area contributed by atoms with E-state index in [1.54, 1.807) is 0 Å². The Kier molecular flexibility index (Phi) is 3.39. The maximum Gasteiger partial charge on any atom is 0.0725 e. The normalized spacial score (nSPS) is 16.4. The molecule has 1 aromatic carbocycles. The summed E-state index contributed by atoms with van der Waals surface area (Å²) in [6.45, 7) is 6.96. The molecular weight excluding hydrogens is 186 g/mol. The highest BCUT2D eigenvalue weighted by atomic mass is 16.5. The van der Waals surface area contributed by atoms with Crippen molar-refractivity contribution in [2.75, 3.05) is 6.54 Å². The van der Waals surface area contributed by atoms with Gasteiger partial charge in [0.2, 0.25) is 0 Å². The Hall–Kier alpha value is -0.860. The summed E-state index contributed by atoms with van der Waals surface area (Å²) in [6, 6.07) is 7.21. The van der Waals surface area contributed by atoms with Gasteiger partial charge in [0.1, 0.15) is 0 Å². The van der Waals surface area contributed by atoms with E-state index in [9.17, 15) is 0 Å². The zero-order chi connectivity index (χ0) is 10.7. The van der Waals surface area contributed by atoms with Crippen molar-refractivity contribution >= 4 is 0 Å². The van der Waals surface area contributed by atoms with Crippen LogP contribution in [0.15, 0.2) is 18.2 Å². The first-order valence-corrected chi connectivity index (χ1v) is 5.78. The summed E-state index contributed by atoms with van der Waals surface area (Å²) in [4.78, 5) is 0.